The molecule has 3 aliphatic rings. The first kappa shape index (κ1) is 19.6. The quantitative estimate of drug-likeness (QED) is 0.515. The molecule has 2 amide bonds. The van der Waals surface area contributed by atoms with Crippen molar-refractivity contribution in [3.8, 4) is 5.75 Å². The highest BCUT2D eigenvalue weighted by atomic mass is 79.9. The van der Waals surface area contributed by atoms with Crippen LogP contribution in [0.4, 0.5) is 5.69 Å². The van der Waals surface area contributed by atoms with E-state index in [1.165, 1.54) is 0 Å². The van der Waals surface area contributed by atoms with Crippen LogP contribution in [0, 0.1) is 5.92 Å². The Morgan fingerprint density at radius 2 is 1.78 bits per heavy atom. The summed E-state index contributed by atoms with van der Waals surface area (Å²) in [5.41, 5.74) is 1.95. The molecule has 160 valence electrons. The minimum atomic E-state index is -1.08. The average molecular weight is 489 g/mol. The number of nitrogens with one attached hydrogen (secondary N) is 1. The van der Waals surface area contributed by atoms with Crippen LogP contribution in [-0.2, 0) is 4.79 Å². The molecule has 0 aromatic heterocycles. The van der Waals surface area contributed by atoms with Gasteiger partial charge in [0.25, 0.3) is 11.8 Å². The van der Waals surface area contributed by atoms with Crippen LogP contribution in [-0.4, -0.2) is 28.9 Å². The van der Waals surface area contributed by atoms with Gasteiger partial charge in [0.2, 0.25) is 0 Å². The topological polar surface area (TPSA) is 58.6 Å². The number of ether oxygens (including phenoxy) is 1. The molecule has 4 atom stereocenters. The van der Waals surface area contributed by atoms with Gasteiger partial charge in [-0.3, -0.25) is 9.59 Å². The lowest BCUT2D eigenvalue weighted by atomic mass is 9.73. The van der Waals surface area contributed by atoms with E-state index < -0.39 is 5.54 Å². The molecule has 3 aromatic rings. The molecule has 3 heterocycles. The van der Waals surface area contributed by atoms with Crippen LogP contribution in [0.25, 0.3) is 0 Å². The molecule has 1 fully saturated rings. The Balaban J connectivity index is 1.64. The number of fused-ring (bicyclic) bond motifs is 6. The molecule has 0 unspecified atom stereocenters. The molecule has 5 nitrogen and oxygen atoms in total. The van der Waals surface area contributed by atoms with Crippen molar-refractivity contribution in [1.82, 2.24) is 4.90 Å². The van der Waals surface area contributed by atoms with E-state index in [-0.39, 0.29) is 29.7 Å². The van der Waals surface area contributed by atoms with Crippen LogP contribution in [0.5, 0.6) is 5.75 Å². The van der Waals surface area contributed by atoms with Crippen molar-refractivity contribution < 1.29 is 14.3 Å². The van der Waals surface area contributed by atoms with Crippen LogP contribution >= 0.6 is 15.9 Å². The Morgan fingerprint density at radius 3 is 2.59 bits per heavy atom. The molecule has 0 saturated carbocycles. The summed E-state index contributed by atoms with van der Waals surface area (Å²) in [6, 6.07) is 22.9. The second-order valence-corrected chi connectivity index (χ2v) is 9.73. The number of amides is 2. The number of carbonyl (C=O) groups excluding carboxylic acids is 2. The zero-order valence-corrected chi connectivity index (χ0v) is 19.0. The van der Waals surface area contributed by atoms with Crippen molar-refractivity contribution >= 4 is 33.4 Å². The first-order chi connectivity index (χ1) is 15.5. The number of carbonyl (C=O) groups is 2. The highest BCUT2D eigenvalue weighted by Crippen LogP contribution is 2.60. The number of nitrogens with zero attached hydrogens (tertiary/aromatic N) is 1. The van der Waals surface area contributed by atoms with Crippen LogP contribution in [0.2, 0.25) is 0 Å². The standard InChI is InChI=1S/C26H21BrN2O3/c1-26-22(15-7-3-2-4-8-15)19-14-32-21-12-11-16(27)13-18(21)23(19)29(26)24(30)17-9-5-6-10-20(17)28-25(26)31/h2-13,19,22-23H,14H2,1H3,(H,28,31)/t19-,22+,23+,26-/m1/s1. The predicted octanol–water partition coefficient (Wildman–Crippen LogP) is 5.15. The summed E-state index contributed by atoms with van der Waals surface area (Å²) >= 11 is 3.58. The lowest BCUT2D eigenvalue weighted by Gasteiger charge is -2.38. The molecule has 0 spiro atoms. The molecule has 3 aliphatic heterocycles. The third-order valence-electron chi connectivity index (χ3n) is 7.18. The molecular formula is C26H21BrN2O3. The van der Waals surface area contributed by atoms with Gasteiger partial charge in [-0.25, -0.2) is 0 Å². The van der Waals surface area contributed by atoms with E-state index in [2.05, 4.69) is 21.2 Å². The van der Waals surface area contributed by atoms with Gasteiger partial charge in [0, 0.05) is 21.9 Å². The molecule has 0 bridgehead atoms. The smallest absolute Gasteiger partial charge is 0.257 e. The van der Waals surface area contributed by atoms with Crippen LogP contribution in [0.3, 0.4) is 0 Å². The third-order valence-corrected chi connectivity index (χ3v) is 7.68. The molecule has 32 heavy (non-hydrogen) atoms. The van der Waals surface area contributed by atoms with Crippen molar-refractivity contribution in [2.45, 2.75) is 24.4 Å². The van der Waals surface area contributed by atoms with Gasteiger partial charge in [0.15, 0.2) is 0 Å². The Morgan fingerprint density at radius 1 is 1.03 bits per heavy atom. The molecular weight excluding hydrogens is 468 g/mol. The summed E-state index contributed by atoms with van der Waals surface area (Å²) in [6.45, 7) is 2.34. The normalized spacial score (nSPS) is 27.9. The fourth-order valence-corrected chi connectivity index (χ4v) is 6.21. The maximum Gasteiger partial charge on any atom is 0.257 e. The van der Waals surface area contributed by atoms with Gasteiger partial charge in [0.1, 0.15) is 11.3 Å². The second-order valence-electron chi connectivity index (χ2n) is 8.81. The summed E-state index contributed by atoms with van der Waals surface area (Å²) in [7, 11) is 0. The maximum atomic E-state index is 14.1. The first-order valence-electron chi connectivity index (χ1n) is 10.7. The minimum Gasteiger partial charge on any atom is -0.493 e. The fourth-order valence-electron chi connectivity index (χ4n) is 5.83. The first-order valence-corrected chi connectivity index (χ1v) is 11.5. The van der Waals surface area contributed by atoms with E-state index >= 15 is 0 Å². The number of benzene rings is 3. The van der Waals surface area contributed by atoms with Gasteiger partial charge in [-0.2, -0.15) is 0 Å². The number of hydrogen-bond acceptors (Lipinski definition) is 3. The van der Waals surface area contributed by atoms with Crippen molar-refractivity contribution in [2.24, 2.45) is 5.92 Å². The molecule has 3 aromatic carbocycles. The predicted molar refractivity (Wildman–Crippen MR) is 125 cm³/mol. The molecule has 6 rings (SSSR count). The minimum absolute atomic E-state index is 0.0656. The average Bonchev–Trinajstić information content (AvgIpc) is 3.05. The highest BCUT2D eigenvalue weighted by molar-refractivity contribution is 9.10. The summed E-state index contributed by atoms with van der Waals surface area (Å²) in [5.74, 6) is 0.165. The van der Waals surface area contributed by atoms with Gasteiger partial charge in [-0.1, -0.05) is 58.4 Å². The van der Waals surface area contributed by atoms with E-state index in [4.69, 9.17) is 4.74 Å². The Bertz CT molecular complexity index is 1260. The third kappa shape index (κ3) is 2.56. The van der Waals surface area contributed by atoms with Gasteiger partial charge < -0.3 is 15.0 Å². The Hall–Kier alpha value is -3.12. The van der Waals surface area contributed by atoms with Gasteiger partial charge in [-0.05, 0) is 42.8 Å². The van der Waals surface area contributed by atoms with Crippen molar-refractivity contribution in [3.05, 3.63) is 94.0 Å². The zero-order chi connectivity index (χ0) is 22.0. The van der Waals surface area contributed by atoms with Crippen LogP contribution < -0.4 is 10.1 Å². The molecule has 6 heteroatoms. The Kier molecular flexibility index (Phi) is 4.24. The molecule has 1 saturated heterocycles. The number of rotatable bonds is 1. The monoisotopic (exact) mass is 488 g/mol. The largest absolute Gasteiger partial charge is 0.493 e. The number of halogens is 1. The second kappa shape index (κ2) is 6.94. The van der Waals surface area contributed by atoms with Crippen molar-refractivity contribution in [1.29, 1.82) is 0 Å². The number of hydrogen-bond donors (Lipinski definition) is 1. The van der Waals surface area contributed by atoms with Gasteiger partial charge in [0.05, 0.1) is 23.9 Å². The van der Waals surface area contributed by atoms with E-state index in [0.717, 1.165) is 21.3 Å². The summed E-state index contributed by atoms with van der Waals surface area (Å²) in [4.78, 5) is 29.8. The van der Waals surface area contributed by atoms with Gasteiger partial charge in [-0.15, -0.1) is 0 Å². The summed E-state index contributed by atoms with van der Waals surface area (Å²) < 4.78 is 7.09. The van der Waals surface area contributed by atoms with Crippen molar-refractivity contribution in [2.75, 3.05) is 11.9 Å². The summed E-state index contributed by atoms with van der Waals surface area (Å²) in [6.07, 6.45) is 0. The van der Waals surface area contributed by atoms with E-state index in [1.807, 2.05) is 72.5 Å². The molecule has 0 aliphatic carbocycles. The lowest BCUT2D eigenvalue weighted by Crippen LogP contribution is -2.54. The number of para-hydroxylation sites is 1. The SMILES string of the molecule is C[C@@]12C(=O)Nc3ccccc3C(=O)N1[C@H]1c3cc(Br)ccc3OC[C@@H]1[C@@H]2c1ccccc1. The van der Waals surface area contributed by atoms with Crippen LogP contribution in [0.1, 0.15) is 40.4 Å². The number of anilines is 1. The maximum absolute atomic E-state index is 14.1. The summed E-state index contributed by atoms with van der Waals surface area (Å²) in [5, 5.41) is 3.06. The van der Waals surface area contributed by atoms with E-state index in [0.29, 0.717) is 17.9 Å². The highest BCUT2D eigenvalue weighted by Gasteiger charge is 2.65. The van der Waals surface area contributed by atoms with E-state index in [1.54, 1.807) is 12.1 Å². The molecule has 1 N–H and O–H groups in total. The van der Waals surface area contributed by atoms with Crippen LogP contribution in [0.15, 0.2) is 77.3 Å². The van der Waals surface area contributed by atoms with Gasteiger partial charge >= 0.3 is 0 Å². The zero-order valence-electron chi connectivity index (χ0n) is 17.4. The molecule has 0 radical (unpaired) electrons. The van der Waals surface area contributed by atoms with Crippen molar-refractivity contribution in [3.63, 3.8) is 0 Å². The Labute approximate surface area is 194 Å². The van der Waals surface area contributed by atoms with E-state index in [9.17, 15) is 9.59 Å². The lowest BCUT2D eigenvalue weighted by molar-refractivity contribution is -0.125. The fraction of sp³-hybridized carbons (Fsp3) is 0.231.